The van der Waals surface area contributed by atoms with Crippen LogP contribution in [0.4, 0.5) is 0 Å². The van der Waals surface area contributed by atoms with E-state index in [0.717, 1.165) is 49.7 Å². The molecule has 1 aromatic heterocycles. The van der Waals surface area contributed by atoms with Crippen LogP contribution in [0.1, 0.15) is 51.1 Å². The molecular formula is C26H31N5O2. The standard InChI is InChI=1S/C26H31N5O2/c27-21-12-24(28)26(13-21)33-16-22-14-31(30-29-22)15-25(32)23-11-19-6-5-17-1-3-18(4-2-17)7-9-20(23)10-8-19/h1-4,8,10-11,14,21,24,26H,5-7,9,12-13,15-16,27-28H2. The summed E-state index contributed by atoms with van der Waals surface area (Å²) in [5, 5.41) is 8.32. The van der Waals surface area contributed by atoms with Crippen molar-refractivity contribution in [1.29, 1.82) is 0 Å². The molecule has 7 nitrogen and oxygen atoms in total. The average Bonchev–Trinajstić information content (AvgIpc) is 3.38. The van der Waals surface area contributed by atoms with Gasteiger partial charge in [-0.2, -0.15) is 0 Å². The maximum absolute atomic E-state index is 13.3. The molecule has 1 fully saturated rings. The van der Waals surface area contributed by atoms with Gasteiger partial charge in [-0.1, -0.05) is 41.6 Å². The SMILES string of the molecule is NC1CC(N)C(OCc2cn(CC(=O)c3cc4ccc3CCc3ccc(cc3)CC4)nn2)C1. The van der Waals surface area contributed by atoms with Crippen molar-refractivity contribution in [2.24, 2.45) is 11.5 Å². The third-order valence-electron chi connectivity index (χ3n) is 6.81. The molecule has 0 aliphatic heterocycles. The number of aryl methyl sites for hydroxylation is 4. The van der Waals surface area contributed by atoms with Gasteiger partial charge in [0.1, 0.15) is 12.2 Å². The molecule has 1 saturated carbocycles. The van der Waals surface area contributed by atoms with E-state index < -0.39 is 0 Å². The Bertz CT molecular complexity index is 1120. The fraction of sp³-hybridized carbons (Fsp3) is 0.423. The maximum atomic E-state index is 13.3. The van der Waals surface area contributed by atoms with Gasteiger partial charge in [-0.05, 0) is 66.8 Å². The summed E-state index contributed by atoms with van der Waals surface area (Å²) < 4.78 is 7.50. The monoisotopic (exact) mass is 445 g/mol. The first-order chi connectivity index (χ1) is 16.0. The van der Waals surface area contributed by atoms with Crippen molar-refractivity contribution in [2.45, 2.75) is 69.9 Å². The van der Waals surface area contributed by atoms with Crippen molar-refractivity contribution in [2.75, 3.05) is 0 Å². The van der Waals surface area contributed by atoms with Crippen LogP contribution in [0.25, 0.3) is 0 Å². The molecule has 7 heteroatoms. The smallest absolute Gasteiger partial charge is 0.184 e. The average molecular weight is 446 g/mol. The Balaban J connectivity index is 1.26. The topological polar surface area (TPSA) is 109 Å². The fourth-order valence-corrected chi connectivity index (χ4v) is 4.87. The number of carbonyl (C=O) groups is 1. The van der Waals surface area contributed by atoms with Gasteiger partial charge in [-0.3, -0.25) is 4.79 Å². The summed E-state index contributed by atoms with van der Waals surface area (Å²) in [5.41, 5.74) is 18.4. The number of aromatic nitrogens is 3. The van der Waals surface area contributed by atoms with Crippen LogP contribution >= 0.6 is 0 Å². The number of rotatable bonds is 6. The van der Waals surface area contributed by atoms with E-state index in [4.69, 9.17) is 16.2 Å². The quantitative estimate of drug-likeness (QED) is 0.564. The van der Waals surface area contributed by atoms with Gasteiger partial charge in [0.25, 0.3) is 0 Å². The lowest BCUT2D eigenvalue weighted by atomic mass is 9.92. The molecule has 2 aromatic carbocycles. The van der Waals surface area contributed by atoms with Crippen molar-refractivity contribution in [3.63, 3.8) is 0 Å². The summed E-state index contributed by atoms with van der Waals surface area (Å²) in [5.74, 6) is 0.0546. The minimum absolute atomic E-state index is 0.0413. The number of nitrogens with zero attached hydrogens (tertiary/aromatic N) is 3. The van der Waals surface area contributed by atoms with Crippen molar-refractivity contribution >= 4 is 5.78 Å². The lowest BCUT2D eigenvalue weighted by molar-refractivity contribution is 0.0332. The molecule has 1 heterocycles. The summed E-state index contributed by atoms with van der Waals surface area (Å²) in [4.78, 5) is 13.3. The molecule has 5 aliphatic rings. The lowest BCUT2D eigenvalue weighted by Gasteiger charge is -2.14. The van der Waals surface area contributed by atoms with E-state index in [0.29, 0.717) is 12.3 Å². The van der Waals surface area contributed by atoms with Crippen molar-refractivity contribution in [3.05, 3.63) is 82.2 Å². The van der Waals surface area contributed by atoms with E-state index in [1.165, 1.54) is 16.7 Å². The van der Waals surface area contributed by atoms with Gasteiger partial charge < -0.3 is 16.2 Å². The van der Waals surface area contributed by atoms with E-state index in [2.05, 4.69) is 52.8 Å². The fourth-order valence-electron chi connectivity index (χ4n) is 4.87. The summed E-state index contributed by atoms with van der Waals surface area (Å²) in [7, 11) is 0. The third-order valence-corrected chi connectivity index (χ3v) is 6.81. The second-order valence-corrected chi connectivity index (χ2v) is 9.38. The van der Waals surface area contributed by atoms with Crippen LogP contribution in [0, 0.1) is 0 Å². The van der Waals surface area contributed by atoms with Crippen LogP contribution in [0.5, 0.6) is 0 Å². The molecule has 8 rings (SSSR count). The molecule has 5 aliphatic carbocycles. The van der Waals surface area contributed by atoms with E-state index in [-0.39, 0.29) is 30.5 Å². The van der Waals surface area contributed by atoms with E-state index >= 15 is 0 Å². The molecule has 0 radical (unpaired) electrons. The van der Waals surface area contributed by atoms with E-state index in [9.17, 15) is 4.79 Å². The first-order valence-corrected chi connectivity index (χ1v) is 11.8. The normalized spacial score (nSPS) is 22.3. The molecule has 172 valence electrons. The van der Waals surface area contributed by atoms with Gasteiger partial charge >= 0.3 is 0 Å². The van der Waals surface area contributed by atoms with Gasteiger partial charge in [0.15, 0.2) is 5.78 Å². The Kier molecular flexibility index (Phi) is 6.35. The van der Waals surface area contributed by atoms with Gasteiger partial charge in [-0.25, -0.2) is 4.68 Å². The molecule has 3 aromatic rings. The van der Waals surface area contributed by atoms with Crippen molar-refractivity contribution in [3.8, 4) is 0 Å². The number of ether oxygens (including phenoxy) is 1. The Hall–Kier alpha value is -2.87. The van der Waals surface area contributed by atoms with Crippen LogP contribution < -0.4 is 11.5 Å². The van der Waals surface area contributed by atoms with Gasteiger partial charge in [0, 0.05) is 17.6 Å². The van der Waals surface area contributed by atoms with E-state index in [1.54, 1.807) is 10.9 Å². The Morgan fingerprint density at radius 2 is 1.67 bits per heavy atom. The molecule has 0 amide bonds. The number of hydrogen-bond donors (Lipinski definition) is 2. The maximum Gasteiger partial charge on any atom is 0.184 e. The molecule has 4 N–H and O–H groups in total. The Morgan fingerprint density at radius 3 is 2.39 bits per heavy atom. The van der Waals surface area contributed by atoms with Gasteiger partial charge in [0.05, 0.1) is 18.9 Å². The molecular weight excluding hydrogens is 414 g/mol. The predicted molar refractivity (Wildman–Crippen MR) is 126 cm³/mol. The highest BCUT2D eigenvalue weighted by atomic mass is 16.5. The largest absolute Gasteiger partial charge is 0.370 e. The highest BCUT2D eigenvalue weighted by Gasteiger charge is 2.30. The molecule has 33 heavy (non-hydrogen) atoms. The number of carbonyl (C=O) groups excluding carboxylic acids is 1. The molecule has 4 bridgehead atoms. The lowest BCUT2D eigenvalue weighted by Crippen LogP contribution is -2.31. The second kappa shape index (κ2) is 9.55. The summed E-state index contributed by atoms with van der Waals surface area (Å²) in [6.45, 7) is 0.476. The van der Waals surface area contributed by atoms with Crippen molar-refractivity contribution in [1.82, 2.24) is 15.0 Å². The van der Waals surface area contributed by atoms with Crippen LogP contribution in [0.3, 0.4) is 0 Å². The minimum Gasteiger partial charge on any atom is -0.370 e. The molecule has 0 spiro atoms. The summed E-state index contributed by atoms with van der Waals surface area (Å²) >= 11 is 0. The predicted octanol–water partition coefficient (Wildman–Crippen LogP) is 2.38. The third kappa shape index (κ3) is 5.21. The summed E-state index contributed by atoms with van der Waals surface area (Å²) in [6.07, 6.45) is 6.89. The summed E-state index contributed by atoms with van der Waals surface area (Å²) in [6, 6.07) is 15.2. The zero-order valence-corrected chi connectivity index (χ0v) is 18.8. The van der Waals surface area contributed by atoms with Crippen LogP contribution in [-0.4, -0.2) is 39.0 Å². The zero-order valence-electron chi connectivity index (χ0n) is 18.8. The highest BCUT2D eigenvalue weighted by Crippen LogP contribution is 2.22. The number of ketones is 1. The molecule has 3 atom stereocenters. The van der Waals surface area contributed by atoms with E-state index in [1.807, 2.05) is 0 Å². The number of hydrogen-bond acceptors (Lipinski definition) is 6. The van der Waals surface area contributed by atoms with Crippen molar-refractivity contribution < 1.29 is 9.53 Å². The zero-order chi connectivity index (χ0) is 22.8. The minimum atomic E-state index is -0.0556. The van der Waals surface area contributed by atoms with Crippen LogP contribution in [0.15, 0.2) is 48.7 Å². The first-order valence-electron chi connectivity index (χ1n) is 11.8. The second-order valence-electron chi connectivity index (χ2n) is 9.38. The van der Waals surface area contributed by atoms with Gasteiger partial charge in [-0.15, -0.1) is 5.10 Å². The Morgan fingerprint density at radius 1 is 0.970 bits per heavy atom. The van der Waals surface area contributed by atoms with Crippen LogP contribution in [0.2, 0.25) is 0 Å². The Labute approximate surface area is 194 Å². The molecule has 0 saturated heterocycles. The first kappa shape index (κ1) is 21.9. The number of benzene rings is 2. The number of Topliss-reactive ketones (excluding diaryl/α,β-unsaturated/α-hetero) is 1. The highest BCUT2D eigenvalue weighted by molar-refractivity contribution is 5.97. The van der Waals surface area contributed by atoms with Gasteiger partial charge in [0.2, 0.25) is 0 Å². The van der Waals surface area contributed by atoms with Crippen LogP contribution in [-0.2, 0) is 43.6 Å². The number of nitrogens with two attached hydrogens (primary N) is 2. The molecule has 3 unspecified atom stereocenters.